The third-order valence-corrected chi connectivity index (χ3v) is 3.04. The molecular formula is C14H24N2O. The second-order valence-corrected chi connectivity index (χ2v) is 4.83. The van der Waals surface area contributed by atoms with Crippen LogP contribution in [0.3, 0.4) is 0 Å². The monoisotopic (exact) mass is 236 g/mol. The molecule has 0 aromatic heterocycles. The summed E-state index contributed by atoms with van der Waals surface area (Å²) in [5, 5.41) is 9.09. The molecule has 0 heterocycles. The van der Waals surface area contributed by atoms with Gasteiger partial charge in [0.15, 0.2) is 0 Å². The first-order valence-corrected chi connectivity index (χ1v) is 6.29. The molecule has 1 aromatic rings. The van der Waals surface area contributed by atoms with Crippen molar-refractivity contribution in [2.75, 3.05) is 24.6 Å². The highest BCUT2D eigenvalue weighted by Crippen LogP contribution is 2.15. The first-order chi connectivity index (χ1) is 8.09. The fourth-order valence-electron chi connectivity index (χ4n) is 1.86. The molecule has 0 saturated heterocycles. The lowest BCUT2D eigenvalue weighted by molar-refractivity contribution is 0.198. The summed E-state index contributed by atoms with van der Waals surface area (Å²) in [5.74, 6) is 0. The van der Waals surface area contributed by atoms with E-state index in [1.54, 1.807) is 0 Å². The zero-order chi connectivity index (χ0) is 12.7. The number of para-hydroxylation sites is 1. The van der Waals surface area contributed by atoms with Gasteiger partial charge in [0, 0.05) is 24.3 Å². The Hall–Kier alpha value is -1.06. The van der Waals surface area contributed by atoms with Crippen LogP contribution in [0.15, 0.2) is 30.3 Å². The molecule has 17 heavy (non-hydrogen) atoms. The van der Waals surface area contributed by atoms with Crippen molar-refractivity contribution in [2.45, 2.75) is 32.2 Å². The average Bonchev–Trinajstić information content (AvgIpc) is 2.36. The van der Waals surface area contributed by atoms with E-state index < -0.39 is 5.54 Å². The third kappa shape index (κ3) is 4.75. The van der Waals surface area contributed by atoms with E-state index in [-0.39, 0.29) is 6.61 Å². The van der Waals surface area contributed by atoms with Gasteiger partial charge in [0.05, 0.1) is 6.61 Å². The number of hydrogen-bond acceptors (Lipinski definition) is 3. The molecule has 0 amide bonds. The molecule has 96 valence electrons. The second-order valence-electron chi connectivity index (χ2n) is 4.83. The normalized spacial score (nSPS) is 14.4. The molecule has 3 nitrogen and oxygen atoms in total. The lowest BCUT2D eigenvalue weighted by atomic mass is 9.98. The Labute approximate surface area is 104 Å². The van der Waals surface area contributed by atoms with Crippen molar-refractivity contribution in [1.29, 1.82) is 0 Å². The van der Waals surface area contributed by atoms with Crippen molar-refractivity contribution in [1.82, 2.24) is 0 Å². The highest BCUT2D eigenvalue weighted by Gasteiger charge is 2.16. The van der Waals surface area contributed by atoms with E-state index in [4.69, 9.17) is 10.8 Å². The number of nitrogens with zero attached hydrogens (tertiary/aromatic N) is 1. The van der Waals surface area contributed by atoms with Crippen LogP contribution in [0.1, 0.15) is 26.7 Å². The second kappa shape index (κ2) is 6.62. The van der Waals surface area contributed by atoms with Crippen molar-refractivity contribution >= 4 is 5.69 Å². The van der Waals surface area contributed by atoms with Crippen molar-refractivity contribution in [2.24, 2.45) is 5.73 Å². The maximum absolute atomic E-state index is 9.09. The highest BCUT2D eigenvalue weighted by molar-refractivity contribution is 5.45. The lowest BCUT2D eigenvalue weighted by Gasteiger charge is -2.26. The van der Waals surface area contributed by atoms with Crippen LogP contribution in [0, 0.1) is 0 Å². The molecule has 0 bridgehead atoms. The van der Waals surface area contributed by atoms with Crippen LogP contribution in [0.2, 0.25) is 0 Å². The van der Waals surface area contributed by atoms with Gasteiger partial charge in [-0.2, -0.15) is 0 Å². The standard InChI is InChI=1S/C14H24N2O/c1-3-16(13-8-5-4-6-9-13)11-7-10-14(2,15)12-17/h4-6,8-9,17H,3,7,10-12,15H2,1-2H3. The third-order valence-electron chi connectivity index (χ3n) is 3.04. The van der Waals surface area contributed by atoms with Crippen molar-refractivity contribution < 1.29 is 5.11 Å². The minimum Gasteiger partial charge on any atom is -0.394 e. The molecule has 0 spiro atoms. The smallest absolute Gasteiger partial charge is 0.0608 e. The summed E-state index contributed by atoms with van der Waals surface area (Å²) in [6.07, 6.45) is 1.84. The molecule has 3 N–H and O–H groups in total. The molecule has 0 aliphatic rings. The Morgan fingerprint density at radius 2 is 1.94 bits per heavy atom. The summed E-state index contributed by atoms with van der Waals surface area (Å²) in [6, 6.07) is 10.4. The van der Waals surface area contributed by atoms with Crippen molar-refractivity contribution in [3.63, 3.8) is 0 Å². The van der Waals surface area contributed by atoms with E-state index in [2.05, 4.69) is 36.1 Å². The molecule has 3 heteroatoms. The maximum atomic E-state index is 9.09. The van der Waals surface area contributed by atoms with Crippen LogP contribution >= 0.6 is 0 Å². The Bertz CT molecular complexity index is 311. The largest absolute Gasteiger partial charge is 0.394 e. The first-order valence-electron chi connectivity index (χ1n) is 6.29. The SMILES string of the molecule is CCN(CCCC(C)(N)CO)c1ccccc1. The molecule has 0 saturated carbocycles. The number of hydrogen-bond donors (Lipinski definition) is 2. The average molecular weight is 236 g/mol. The summed E-state index contributed by atoms with van der Waals surface area (Å²) >= 11 is 0. The number of aliphatic hydroxyl groups excluding tert-OH is 1. The van der Waals surface area contributed by atoms with E-state index in [1.807, 2.05) is 13.0 Å². The predicted molar refractivity (Wildman–Crippen MR) is 73.2 cm³/mol. The van der Waals surface area contributed by atoms with Crippen molar-refractivity contribution in [3.8, 4) is 0 Å². The van der Waals surface area contributed by atoms with Crippen LogP contribution in [-0.4, -0.2) is 30.3 Å². The molecule has 1 atom stereocenters. The summed E-state index contributed by atoms with van der Waals surface area (Å²) in [5.41, 5.74) is 6.71. The number of aliphatic hydroxyl groups is 1. The zero-order valence-electron chi connectivity index (χ0n) is 10.9. The molecule has 1 rings (SSSR count). The van der Waals surface area contributed by atoms with Gasteiger partial charge in [-0.15, -0.1) is 0 Å². The maximum Gasteiger partial charge on any atom is 0.0608 e. The summed E-state index contributed by atoms with van der Waals surface area (Å²) in [7, 11) is 0. The number of nitrogens with two attached hydrogens (primary N) is 1. The van der Waals surface area contributed by atoms with E-state index in [0.29, 0.717) is 0 Å². The molecule has 1 aromatic carbocycles. The molecule has 0 aliphatic carbocycles. The van der Waals surface area contributed by atoms with E-state index >= 15 is 0 Å². The Morgan fingerprint density at radius 3 is 2.47 bits per heavy atom. The molecule has 1 unspecified atom stereocenters. The quantitative estimate of drug-likeness (QED) is 0.761. The van der Waals surface area contributed by atoms with Crippen LogP contribution in [0.4, 0.5) is 5.69 Å². The van der Waals surface area contributed by atoms with Gasteiger partial charge in [-0.25, -0.2) is 0 Å². The van der Waals surface area contributed by atoms with Gasteiger partial charge in [-0.1, -0.05) is 18.2 Å². The Balaban J connectivity index is 2.44. The number of rotatable bonds is 7. The van der Waals surface area contributed by atoms with Crippen LogP contribution in [-0.2, 0) is 0 Å². The lowest BCUT2D eigenvalue weighted by Crippen LogP contribution is -2.40. The van der Waals surface area contributed by atoms with E-state index in [1.165, 1.54) is 5.69 Å². The molecule has 0 aliphatic heterocycles. The minimum absolute atomic E-state index is 0.0461. The minimum atomic E-state index is -0.448. The van der Waals surface area contributed by atoms with Crippen LogP contribution in [0.25, 0.3) is 0 Å². The molecule has 0 radical (unpaired) electrons. The number of benzene rings is 1. The van der Waals surface area contributed by atoms with E-state index in [0.717, 1.165) is 25.9 Å². The molecule has 0 fully saturated rings. The van der Waals surface area contributed by atoms with Gasteiger partial charge in [0.1, 0.15) is 0 Å². The highest BCUT2D eigenvalue weighted by atomic mass is 16.3. The summed E-state index contributed by atoms with van der Waals surface area (Å²) in [4.78, 5) is 2.33. The topological polar surface area (TPSA) is 49.5 Å². The predicted octanol–water partition coefficient (Wildman–Crippen LogP) is 2.00. The van der Waals surface area contributed by atoms with Crippen LogP contribution < -0.4 is 10.6 Å². The van der Waals surface area contributed by atoms with E-state index in [9.17, 15) is 0 Å². The van der Waals surface area contributed by atoms with Crippen molar-refractivity contribution in [3.05, 3.63) is 30.3 Å². The Morgan fingerprint density at radius 1 is 1.29 bits per heavy atom. The van der Waals surface area contributed by atoms with Gasteiger partial charge < -0.3 is 15.7 Å². The van der Waals surface area contributed by atoms with Gasteiger partial charge in [0.25, 0.3) is 0 Å². The molecular weight excluding hydrogens is 212 g/mol. The number of anilines is 1. The van der Waals surface area contributed by atoms with Gasteiger partial charge in [0.2, 0.25) is 0 Å². The fraction of sp³-hybridized carbons (Fsp3) is 0.571. The van der Waals surface area contributed by atoms with Gasteiger partial charge in [-0.05, 0) is 38.8 Å². The zero-order valence-corrected chi connectivity index (χ0v) is 10.9. The summed E-state index contributed by atoms with van der Waals surface area (Å²) < 4.78 is 0. The van der Waals surface area contributed by atoms with Crippen LogP contribution in [0.5, 0.6) is 0 Å². The first kappa shape index (κ1) is 14.0. The summed E-state index contributed by atoms with van der Waals surface area (Å²) in [6.45, 7) is 6.06. The fourth-order valence-corrected chi connectivity index (χ4v) is 1.86. The Kier molecular flexibility index (Phi) is 5.45. The van der Waals surface area contributed by atoms with Gasteiger partial charge in [-0.3, -0.25) is 0 Å². The van der Waals surface area contributed by atoms with Gasteiger partial charge >= 0.3 is 0 Å².